The van der Waals surface area contributed by atoms with Crippen molar-refractivity contribution in [2.75, 3.05) is 13.2 Å². The third-order valence-corrected chi connectivity index (χ3v) is 5.66. The van der Waals surface area contributed by atoms with Crippen LogP contribution in [0.2, 0.25) is 0 Å². The molecule has 0 amide bonds. The third-order valence-electron chi connectivity index (χ3n) is 5.66. The molecule has 33 heavy (non-hydrogen) atoms. The fraction of sp³-hybridized carbons (Fsp3) is 0.320. The average Bonchev–Trinajstić information content (AvgIpc) is 2.78. The van der Waals surface area contributed by atoms with Crippen molar-refractivity contribution in [1.82, 2.24) is 9.97 Å². The van der Waals surface area contributed by atoms with Crippen LogP contribution in [-0.2, 0) is 10.3 Å². The first-order valence-electron chi connectivity index (χ1n) is 10.8. The fourth-order valence-corrected chi connectivity index (χ4v) is 4.12. The highest BCUT2D eigenvalue weighted by Gasteiger charge is 2.46. The highest BCUT2D eigenvalue weighted by molar-refractivity contribution is 5.76. The average molecular weight is 448 g/mol. The summed E-state index contributed by atoms with van der Waals surface area (Å²) < 4.78 is 32.0. The lowest BCUT2D eigenvalue weighted by atomic mass is 9.78. The summed E-state index contributed by atoms with van der Waals surface area (Å²) in [6, 6.07) is 10.8. The van der Waals surface area contributed by atoms with Gasteiger partial charge in [0.2, 0.25) is 11.8 Å². The minimum absolute atomic E-state index is 0.0133. The van der Waals surface area contributed by atoms with Crippen LogP contribution in [0.3, 0.4) is 0 Å². The Labute approximate surface area is 191 Å². The van der Waals surface area contributed by atoms with Crippen molar-refractivity contribution < 1.29 is 18.6 Å². The van der Waals surface area contributed by atoms with E-state index >= 15 is 0 Å². The summed E-state index contributed by atoms with van der Waals surface area (Å²) in [6.45, 7) is 7.19. The summed E-state index contributed by atoms with van der Waals surface area (Å²) in [5.74, 6) is 1.09. The maximum absolute atomic E-state index is 14.4. The number of hydrogen-bond acceptors (Lipinski definition) is 7. The zero-order valence-electron chi connectivity index (χ0n) is 18.8. The SMILES string of the molecule is CC(C)(C)COc1cnc2c(c1)[C@]1(CCOC(N)=N1)c1cc(-c3cccnc3F)ccc1O2. The number of nitrogens with two attached hydrogens (primary N) is 1. The molecule has 5 rings (SSSR count). The summed E-state index contributed by atoms with van der Waals surface area (Å²) in [5, 5.41) is 0. The summed E-state index contributed by atoms with van der Waals surface area (Å²) in [7, 11) is 0. The second-order valence-corrected chi connectivity index (χ2v) is 9.44. The highest BCUT2D eigenvalue weighted by Crippen LogP contribution is 2.52. The molecular weight excluding hydrogens is 423 g/mol. The molecule has 4 heterocycles. The molecule has 1 atom stereocenters. The number of ether oxygens (including phenoxy) is 3. The number of pyridine rings is 2. The number of halogens is 1. The quantitative estimate of drug-likeness (QED) is 0.579. The topological polar surface area (TPSA) is 91.9 Å². The Morgan fingerprint density at radius 1 is 1.15 bits per heavy atom. The van der Waals surface area contributed by atoms with Gasteiger partial charge in [-0.1, -0.05) is 26.8 Å². The van der Waals surface area contributed by atoms with Gasteiger partial charge in [-0.3, -0.25) is 0 Å². The van der Waals surface area contributed by atoms with Crippen molar-refractivity contribution in [1.29, 1.82) is 0 Å². The van der Waals surface area contributed by atoms with E-state index in [1.54, 1.807) is 30.5 Å². The number of nitrogens with zero attached hydrogens (tertiary/aromatic N) is 3. The molecule has 170 valence electrons. The van der Waals surface area contributed by atoms with Crippen LogP contribution >= 0.6 is 0 Å². The molecule has 3 aromatic rings. The molecule has 0 saturated carbocycles. The molecule has 0 bridgehead atoms. The molecule has 1 aromatic carbocycles. The third kappa shape index (κ3) is 3.86. The van der Waals surface area contributed by atoms with Gasteiger partial charge in [-0.25, -0.2) is 15.0 Å². The van der Waals surface area contributed by atoms with Crippen LogP contribution in [-0.4, -0.2) is 29.2 Å². The lowest BCUT2D eigenvalue weighted by molar-refractivity contribution is 0.194. The van der Waals surface area contributed by atoms with Gasteiger partial charge in [-0.05, 0) is 41.3 Å². The number of amidine groups is 1. The molecule has 0 radical (unpaired) electrons. The molecule has 2 aliphatic rings. The molecular formula is C25H25FN4O3. The predicted molar refractivity (Wildman–Crippen MR) is 122 cm³/mol. The number of aliphatic imine (C=N–C) groups is 1. The summed E-state index contributed by atoms with van der Waals surface area (Å²) >= 11 is 0. The van der Waals surface area contributed by atoms with Gasteiger partial charge in [0.15, 0.2) is 0 Å². The van der Waals surface area contributed by atoms with Crippen LogP contribution in [0.25, 0.3) is 11.1 Å². The number of hydrogen-bond donors (Lipinski definition) is 1. The second-order valence-electron chi connectivity index (χ2n) is 9.44. The smallest absolute Gasteiger partial charge is 0.283 e. The summed E-state index contributed by atoms with van der Waals surface area (Å²) in [6.07, 6.45) is 3.59. The Kier molecular flexibility index (Phi) is 4.96. The van der Waals surface area contributed by atoms with E-state index < -0.39 is 11.5 Å². The van der Waals surface area contributed by atoms with E-state index in [0.29, 0.717) is 48.1 Å². The number of fused-ring (bicyclic) bond motifs is 4. The van der Waals surface area contributed by atoms with Crippen molar-refractivity contribution in [3.8, 4) is 28.5 Å². The standard InChI is InChI=1S/C25H25FN4O3/c1-24(2,3)14-32-16-12-19-22(29-13-16)33-20-7-6-15(17-5-4-9-28-21(17)26)11-18(20)25(19)8-10-31-23(27)30-25/h4-7,9,11-13H,8,10,14H2,1-3H3,(H2,27,30)/t25-/m0/s1. The van der Waals surface area contributed by atoms with Gasteiger partial charge in [-0.2, -0.15) is 4.39 Å². The monoisotopic (exact) mass is 448 g/mol. The minimum Gasteiger partial charge on any atom is -0.491 e. The molecule has 0 aliphatic carbocycles. The molecule has 0 saturated heterocycles. The van der Waals surface area contributed by atoms with E-state index in [4.69, 9.17) is 24.9 Å². The molecule has 7 nitrogen and oxygen atoms in total. The normalized spacial score (nSPS) is 19.1. The van der Waals surface area contributed by atoms with Crippen LogP contribution in [0.15, 0.2) is 53.8 Å². The van der Waals surface area contributed by atoms with E-state index in [9.17, 15) is 4.39 Å². The van der Waals surface area contributed by atoms with Crippen molar-refractivity contribution in [3.63, 3.8) is 0 Å². The van der Waals surface area contributed by atoms with E-state index in [1.165, 1.54) is 6.20 Å². The molecule has 2 aromatic heterocycles. The lowest BCUT2D eigenvalue weighted by Crippen LogP contribution is -2.38. The Balaban J connectivity index is 1.66. The van der Waals surface area contributed by atoms with E-state index in [2.05, 4.69) is 30.7 Å². The number of benzene rings is 1. The summed E-state index contributed by atoms with van der Waals surface area (Å²) in [5.41, 5.74) is 7.69. The summed E-state index contributed by atoms with van der Waals surface area (Å²) in [4.78, 5) is 13.0. The minimum atomic E-state index is -0.895. The van der Waals surface area contributed by atoms with Crippen LogP contribution < -0.4 is 15.2 Å². The van der Waals surface area contributed by atoms with Crippen LogP contribution in [0.5, 0.6) is 17.4 Å². The van der Waals surface area contributed by atoms with Gasteiger partial charge in [0.1, 0.15) is 17.0 Å². The van der Waals surface area contributed by atoms with E-state index in [1.807, 2.05) is 12.1 Å². The zero-order chi connectivity index (χ0) is 23.2. The first kappa shape index (κ1) is 21.2. The van der Waals surface area contributed by atoms with Crippen LogP contribution in [0.1, 0.15) is 38.3 Å². The van der Waals surface area contributed by atoms with Gasteiger partial charge in [-0.15, -0.1) is 0 Å². The van der Waals surface area contributed by atoms with Crippen LogP contribution in [0, 0.1) is 11.4 Å². The Hall–Kier alpha value is -3.68. The number of aromatic nitrogens is 2. The fourth-order valence-electron chi connectivity index (χ4n) is 4.12. The predicted octanol–water partition coefficient (Wildman–Crippen LogP) is 4.79. The van der Waals surface area contributed by atoms with Crippen LogP contribution in [0.4, 0.5) is 4.39 Å². The molecule has 2 aliphatic heterocycles. The van der Waals surface area contributed by atoms with Gasteiger partial charge in [0.05, 0.1) is 25.0 Å². The van der Waals surface area contributed by atoms with E-state index in [0.717, 1.165) is 11.1 Å². The lowest BCUT2D eigenvalue weighted by Gasteiger charge is -2.39. The largest absolute Gasteiger partial charge is 0.491 e. The molecule has 0 unspecified atom stereocenters. The highest BCUT2D eigenvalue weighted by atomic mass is 19.1. The zero-order valence-corrected chi connectivity index (χ0v) is 18.8. The van der Waals surface area contributed by atoms with Crippen molar-refractivity contribution in [2.24, 2.45) is 16.1 Å². The Morgan fingerprint density at radius 2 is 2.00 bits per heavy atom. The number of rotatable bonds is 3. The molecule has 0 fully saturated rings. The van der Waals surface area contributed by atoms with Gasteiger partial charge in [0, 0.05) is 23.7 Å². The van der Waals surface area contributed by atoms with E-state index in [-0.39, 0.29) is 11.4 Å². The molecule has 8 heteroatoms. The molecule has 1 spiro atoms. The first-order valence-corrected chi connectivity index (χ1v) is 10.8. The van der Waals surface area contributed by atoms with Gasteiger partial charge in [0.25, 0.3) is 6.02 Å². The van der Waals surface area contributed by atoms with Crippen molar-refractivity contribution in [3.05, 3.63) is 65.9 Å². The maximum atomic E-state index is 14.4. The first-order chi connectivity index (χ1) is 15.7. The Bertz CT molecular complexity index is 1250. The Morgan fingerprint density at radius 3 is 2.76 bits per heavy atom. The second kappa shape index (κ2) is 7.72. The maximum Gasteiger partial charge on any atom is 0.283 e. The van der Waals surface area contributed by atoms with Gasteiger partial charge >= 0.3 is 0 Å². The van der Waals surface area contributed by atoms with Crippen molar-refractivity contribution >= 4 is 6.02 Å². The van der Waals surface area contributed by atoms with Gasteiger partial charge < -0.3 is 19.9 Å². The van der Waals surface area contributed by atoms with Crippen molar-refractivity contribution in [2.45, 2.75) is 32.7 Å². The molecule has 2 N–H and O–H groups in total.